The predicted molar refractivity (Wildman–Crippen MR) is 83.3 cm³/mol. The highest BCUT2D eigenvalue weighted by atomic mass is 35.5. The summed E-state index contributed by atoms with van der Waals surface area (Å²) in [4.78, 5) is 9.52. The van der Waals surface area contributed by atoms with Crippen LogP contribution in [0.5, 0.6) is 10.9 Å². The van der Waals surface area contributed by atoms with Crippen LogP contribution >= 0.6 is 22.9 Å². The summed E-state index contributed by atoms with van der Waals surface area (Å²) in [6.45, 7) is 0. The molecular formula is C15H9ClN2O2S. The number of fused-ring (bicyclic) bond motifs is 2. The number of alkyl halides is 1. The SMILES string of the molecule is ClCc1cc2cc(Oc3nc4cccnc4s3)ccc2o1. The standard InChI is InChI=1S/C15H9ClN2O2S/c16-8-11-7-9-6-10(3-4-13(9)19-11)20-15-18-12-2-1-5-17-14(12)21-15/h1-7H,8H2. The molecule has 0 atom stereocenters. The first-order chi connectivity index (χ1) is 10.3. The van der Waals surface area contributed by atoms with E-state index in [1.165, 1.54) is 11.3 Å². The van der Waals surface area contributed by atoms with Gasteiger partial charge in [0.2, 0.25) is 0 Å². The summed E-state index contributed by atoms with van der Waals surface area (Å²) in [5.41, 5.74) is 1.63. The lowest BCUT2D eigenvalue weighted by Crippen LogP contribution is -1.82. The fourth-order valence-corrected chi connectivity index (χ4v) is 3.01. The Morgan fingerprint density at radius 1 is 1.24 bits per heavy atom. The Balaban J connectivity index is 1.69. The van der Waals surface area contributed by atoms with Gasteiger partial charge in [-0.3, -0.25) is 0 Å². The average molecular weight is 317 g/mol. The van der Waals surface area contributed by atoms with Crippen molar-refractivity contribution in [3.05, 3.63) is 48.4 Å². The highest BCUT2D eigenvalue weighted by molar-refractivity contribution is 7.19. The molecule has 0 aliphatic carbocycles. The molecule has 0 aliphatic rings. The van der Waals surface area contributed by atoms with Crippen molar-refractivity contribution in [3.8, 4) is 10.9 Å². The van der Waals surface area contributed by atoms with Crippen LogP contribution in [0.2, 0.25) is 0 Å². The Morgan fingerprint density at radius 2 is 2.19 bits per heavy atom. The van der Waals surface area contributed by atoms with Gasteiger partial charge in [0.1, 0.15) is 27.4 Å². The Hall–Kier alpha value is -2.11. The van der Waals surface area contributed by atoms with Crippen LogP contribution in [0.25, 0.3) is 21.3 Å². The number of ether oxygens (including phenoxy) is 1. The summed E-state index contributed by atoms with van der Waals surface area (Å²) in [5.74, 6) is 1.81. The second-order valence-corrected chi connectivity index (χ2v) is 5.66. The van der Waals surface area contributed by atoms with E-state index in [1.807, 2.05) is 36.4 Å². The number of hydrogen-bond acceptors (Lipinski definition) is 5. The molecule has 21 heavy (non-hydrogen) atoms. The summed E-state index contributed by atoms with van der Waals surface area (Å²) in [7, 11) is 0. The monoisotopic (exact) mass is 316 g/mol. The van der Waals surface area contributed by atoms with E-state index in [4.69, 9.17) is 20.8 Å². The van der Waals surface area contributed by atoms with E-state index in [-0.39, 0.29) is 0 Å². The maximum absolute atomic E-state index is 5.81. The Labute approximate surface area is 129 Å². The zero-order valence-corrected chi connectivity index (χ0v) is 12.3. The number of benzene rings is 1. The minimum absolute atomic E-state index is 0.356. The first kappa shape index (κ1) is 12.6. The molecule has 0 aliphatic heterocycles. The van der Waals surface area contributed by atoms with Crippen molar-refractivity contribution >= 4 is 44.3 Å². The largest absolute Gasteiger partial charge is 0.460 e. The summed E-state index contributed by atoms with van der Waals surface area (Å²) in [5, 5.41) is 1.53. The molecule has 4 aromatic rings. The quantitative estimate of drug-likeness (QED) is 0.501. The minimum Gasteiger partial charge on any atom is -0.460 e. The lowest BCUT2D eigenvalue weighted by atomic mass is 10.2. The highest BCUT2D eigenvalue weighted by Crippen LogP contribution is 2.32. The van der Waals surface area contributed by atoms with Crippen molar-refractivity contribution in [3.63, 3.8) is 0 Å². The molecule has 0 N–H and O–H groups in total. The van der Waals surface area contributed by atoms with E-state index in [9.17, 15) is 0 Å². The van der Waals surface area contributed by atoms with Crippen molar-refractivity contribution in [2.75, 3.05) is 0 Å². The topological polar surface area (TPSA) is 48.2 Å². The van der Waals surface area contributed by atoms with Crippen molar-refractivity contribution in [1.82, 2.24) is 9.97 Å². The first-order valence-corrected chi connectivity index (χ1v) is 7.65. The minimum atomic E-state index is 0.356. The number of aromatic nitrogens is 2. The predicted octanol–water partition coefficient (Wildman–Crippen LogP) is 4.97. The fraction of sp³-hybridized carbons (Fsp3) is 0.0667. The van der Waals surface area contributed by atoms with Crippen LogP contribution in [0.1, 0.15) is 5.76 Å². The Kier molecular flexibility index (Phi) is 3.02. The second kappa shape index (κ2) is 5.02. The van der Waals surface area contributed by atoms with E-state index in [0.717, 1.165) is 27.1 Å². The van der Waals surface area contributed by atoms with Gasteiger partial charge in [0.05, 0.1) is 5.88 Å². The second-order valence-electron chi connectivity index (χ2n) is 4.46. The molecule has 3 aromatic heterocycles. The molecule has 0 bridgehead atoms. The normalized spacial score (nSPS) is 11.3. The van der Waals surface area contributed by atoms with Crippen LogP contribution in [-0.2, 0) is 5.88 Å². The Morgan fingerprint density at radius 3 is 3.05 bits per heavy atom. The number of nitrogens with zero attached hydrogens (tertiary/aromatic N) is 2. The van der Waals surface area contributed by atoms with Crippen molar-refractivity contribution in [1.29, 1.82) is 0 Å². The van der Waals surface area contributed by atoms with Gasteiger partial charge in [-0.2, -0.15) is 0 Å². The smallest absolute Gasteiger partial charge is 0.281 e. The van der Waals surface area contributed by atoms with Crippen molar-refractivity contribution in [2.24, 2.45) is 0 Å². The lowest BCUT2D eigenvalue weighted by Gasteiger charge is -2.00. The van der Waals surface area contributed by atoms with Crippen LogP contribution in [0, 0.1) is 0 Å². The van der Waals surface area contributed by atoms with Gasteiger partial charge < -0.3 is 9.15 Å². The number of hydrogen-bond donors (Lipinski definition) is 0. The van der Waals surface area contributed by atoms with Gasteiger partial charge in [0.25, 0.3) is 5.19 Å². The third kappa shape index (κ3) is 2.34. The van der Waals surface area contributed by atoms with Crippen LogP contribution in [-0.4, -0.2) is 9.97 Å². The molecule has 0 fully saturated rings. The maximum atomic E-state index is 5.81. The van der Waals surface area contributed by atoms with E-state index in [2.05, 4.69) is 9.97 Å². The van der Waals surface area contributed by atoms with Crippen molar-refractivity contribution < 1.29 is 9.15 Å². The molecule has 104 valence electrons. The van der Waals surface area contributed by atoms with E-state index in [1.54, 1.807) is 6.20 Å². The molecule has 4 nitrogen and oxygen atoms in total. The average Bonchev–Trinajstić information content (AvgIpc) is 3.09. The van der Waals surface area contributed by atoms with Crippen LogP contribution < -0.4 is 4.74 Å². The third-order valence-corrected chi connectivity index (χ3v) is 4.14. The Bertz CT molecular complexity index is 899. The van der Waals surface area contributed by atoms with Gasteiger partial charge in [0.15, 0.2) is 0 Å². The zero-order chi connectivity index (χ0) is 14.2. The molecule has 0 radical (unpaired) electrons. The third-order valence-electron chi connectivity index (χ3n) is 3.02. The summed E-state index contributed by atoms with van der Waals surface area (Å²) < 4.78 is 11.4. The van der Waals surface area contributed by atoms with Gasteiger partial charge >= 0.3 is 0 Å². The summed E-state index contributed by atoms with van der Waals surface area (Å²) >= 11 is 7.19. The number of rotatable bonds is 3. The summed E-state index contributed by atoms with van der Waals surface area (Å²) in [6.07, 6.45) is 1.75. The zero-order valence-electron chi connectivity index (χ0n) is 10.7. The first-order valence-electron chi connectivity index (χ1n) is 6.30. The van der Waals surface area contributed by atoms with Crippen LogP contribution in [0.15, 0.2) is 47.0 Å². The van der Waals surface area contributed by atoms with Crippen molar-refractivity contribution in [2.45, 2.75) is 5.88 Å². The van der Waals surface area contributed by atoms with Crippen LogP contribution in [0.4, 0.5) is 0 Å². The van der Waals surface area contributed by atoms with E-state index >= 15 is 0 Å². The lowest BCUT2D eigenvalue weighted by molar-refractivity contribution is 0.480. The number of furan rings is 1. The van der Waals surface area contributed by atoms with Gasteiger partial charge in [-0.1, -0.05) is 11.3 Å². The molecule has 0 saturated carbocycles. The molecule has 3 heterocycles. The van der Waals surface area contributed by atoms with E-state index < -0.39 is 0 Å². The number of halogens is 1. The molecule has 0 saturated heterocycles. The number of pyridine rings is 1. The van der Waals surface area contributed by atoms with Gasteiger partial charge in [0, 0.05) is 11.6 Å². The van der Waals surface area contributed by atoms with Gasteiger partial charge in [-0.25, -0.2) is 9.97 Å². The molecule has 0 unspecified atom stereocenters. The summed E-state index contributed by atoms with van der Waals surface area (Å²) in [6, 6.07) is 11.3. The number of thiazole rings is 1. The van der Waals surface area contributed by atoms with Gasteiger partial charge in [-0.15, -0.1) is 11.6 Å². The molecule has 6 heteroatoms. The molecule has 4 rings (SSSR count). The molecule has 1 aromatic carbocycles. The molecular weight excluding hydrogens is 308 g/mol. The molecule has 0 spiro atoms. The van der Waals surface area contributed by atoms with Gasteiger partial charge in [-0.05, 0) is 36.4 Å². The maximum Gasteiger partial charge on any atom is 0.281 e. The fourth-order valence-electron chi connectivity index (χ4n) is 2.10. The molecule has 0 amide bonds. The van der Waals surface area contributed by atoms with E-state index in [0.29, 0.717) is 16.8 Å². The van der Waals surface area contributed by atoms with Crippen LogP contribution in [0.3, 0.4) is 0 Å². The highest BCUT2D eigenvalue weighted by Gasteiger charge is 2.08.